The number of ether oxygens (including phenoxy) is 1. The molecule has 1 aliphatic heterocycles. The van der Waals surface area contributed by atoms with Crippen LogP contribution in [-0.4, -0.2) is 43.8 Å². The lowest BCUT2D eigenvalue weighted by molar-refractivity contribution is 0.0535. The lowest BCUT2D eigenvalue weighted by Crippen LogP contribution is -2.48. The Kier molecular flexibility index (Phi) is 5.58. The second kappa shape index (κ2) is 6.46. The highest BCUT2D eigenvalue weighted by Gasteiger charge is 2.26. The van der Waals surface area contributed by atoms with Gasteiger partial charge in [-0.25, -0.2) is 0 Å². The number of hydrogen-bond donors (Lipinski definition) is 1. The van der Waals surface area contributed by atoms with Gasteiger partial charge in [0.2, 0.25) is 0 Å². The quantitative estimate of drug-likeness (QED) is 0.753. The number of hydrogen-bond acceptors (Lipinski definition) is 3. The molecule has 0 aromatic rings. The van der Waals surface area contributed by atoms with Gasteiger partial charge in [0.05, 0.1) is 6.61 Å². The number of likely N-dealkylation sites (tertiary alicyclic amines) is 1. The largest absolute Gasteiger partial charge is 0.383 e. The van der Waals surface area contributed by atoms with Crippen molar-refractivity contribution in [3.63, 3.8) is 0 Å². The summed E-state index contributed by atoms with van der Waals surface area (Å²) in [6, 6.07) is 0.907. The minimum atomic E-state index is 0.327. The number of nitrogens with zero attached hydrogens (tertiary/aromatic N) is 1. The van der Waals surface area contributed by atoms with Gasteiger partial charge < -0.3 is 10.5 Å². The highest BCUT2D eigenvalue weighted by molar-refractivity contribution is 4.82. The number of methoxy groups -OCH3 is 1. The Balaban J connectivity index is 2.46. The third kappa shape index (κ3) is 3.74. The van der Waals surface area contributed by atoms with E-state index in [0.29, 0.717) is 18.0 Å². The maximum atomic E-state index is 5.99. The van der Waals surface area contributed by atoms with Crippen LogP contribution in [0.1, 0.15) is 33.1 Å². The van der Waals surface area contributed by atoms with E-state index in [1.54, 1.807) is 7.11 Å². The number of piperidine rings is 1. The van der Waals surface area contributed by atoms with Gasteiger partial charge in [0.1, 0.15) is 0 Å². The van der Waals surface area contributed by atoms with Gasteiger partial charge >= 0.3 is 0 Å². The maximum absolute atomic E-state index is 5.99. The molecule has 3 atom stereocenters. The van der Waals surface area contributed by atoms with Crippen LogP contribution in [0.3, 0.4) is 0 Å². The summed E-state index contributed by atoms with van der Waals surface area (Å²) >= 11 is 0. The molecule has 3 nitrogen and oxygen atoms in total. The zero-order valence-electron chi connectivity index (χ0n) is 10.4. The molecule has 0 spiro atoms. The van der Waals surface area contributed by atoms with Gasteiger partial charge in [0.15, 0.2) is 0 Å². The summed E-state index contributed by atoms with van der Waals surface area (Å²) in [4.78, 5) is 2.56. The van der Waals surface area contributed by atoms with Crippen molar-refractivity contribution < 1.29 is 4.74 Å². The van der Waals surface area contributed by atoms with E-state index < -0.39 is 0 Å². The summed E-state index contributed by atoms with van der Waals surface area (Å²) in [6.07, 6.45) is 3.74. The minimum Gasteiger partial charge on any atom is -0.383 e. The average Bonchev–Trinajstić information content (AvgIpc) is 2.26. The third-order valence-corrected chi connectivity index (χ3v) is 3.58. The first-order valence-corrected chi connectivity index (χ1v) is 6.17. The van der Waals surface area contributed by atoms with Gasteiger partial charge in [0, 0.05) is 25.7 Å². The number of rotatable bonds is 5. The second-order valence-corrected chi connectivity index (χ2v) is 4.77. The summed E-state index contributed by atoms with van der Waals surface area (Å²) in [6.45, 7) is 7.58. The zero-order chi connectivity index (χ0) is 11.3. The molecule has 0 saturated carbocycles. The van der Waals surface area contributed by atoms with E-state index in [9.17, 15) is 0 Å². The molecule has 1 saturated heterocycles. The standard InChI is InChI=1S/C12H26N2O/c1-4-12(9-15-3)14-7-5-6-11(8-14)10(2)13/h10-12H,4-9,13H2,1-3H3. The highest BCUT2D eigenvalue weighted by atomic mass is 16.5. The minimum absolute atomic E-state index is 0.327. The molecule has 0 aliphatic carbocycles. The van der Waals surface area contributed by atoms with Crippen LogP contribution in [0, 0.1) is 5.92 Å². The Bertz CT molecular complexity index is 173. The fourth-order valence-corrected chi connectivity index (χ4v) is 2.48. The smallest absolute Gasteiger partial charge is 0.0617 e. The monoisotopic (exact) mass is 214 g/mol. The molecule has 90 valence electrons. The molecule has 1 fully saturated rings. The van der Waals surface area contributed by atoms with Crippen LogP contribution in [0.15, 0.2) is 0 Å². The Labute approximate surface area is 94.0 Å². The lowest BCUT2D eigenvalue weighted by atomic mass is 9.91. The van der Waals surface area contributed by atoms with Gasteiger partial charge in [-0.1, -0.05) is 6.92 Å². The maximum Gasteiger partial charge on any atom is 0.0617 e. The molecule has 1 rings (SSSR count). The zero-order valence-corrected chi connectivity index (χ0v) is 10.4. The van der Waals surface area contributed by atoms with Crippen molar-refractivity contribution in [1.82, 2.24) is 4.90 Å². The van der Waals surface area contributed by atoms with Crippen molar-refractivity contribution in [1.29, 1.82) is 0 Å². The first-order valence-electron chi connectivity index (χ1n) is 6.17. The van der Waals surface area contributed by atoms with Gasteiger partial charge in [-0.2, -0.15) is 0 Å². The van der Waals surface area contributed by atoms with Crippen molar-refractivity contribution in [3.05, 3.63) is 0 Å². The van der Waals surface area contributed by atoms with E-state index >= 15 is 0 Å². The third-order valence-electron chi connectivity index (χ3n) is 3.58. The summed E-state index contributed by atoms with van der Waals surface area (Å²) in [5.41, 5.74) is 5.99. The molecule has 3 unspecified atom stereocenters. The predicted octanol–water partition coefficient (Wildman–Crippen LogP) is 1.47. The molecule has 0 radical (unpaired) electrons. The lowest BCUT2D eigenvalue weighted by Gasteiger charge is -2.39. The van der Waals surface area contributed by atoms with Crippen LogP contribution in [0.2, 0.25) is 0 Å². The first kappa shape index (κ1) is 12.9. The van der Waals surface area contributed by atoms with Crippen LogP contribution in [0.4, 0.5) is 0 Å². The Morgan fingerprint density at radius 2 is 2.27 bits per heavy atom. The van der Waals surface area contributed by atoms with E-state index in [1.807, 2.05) is 0 Å². The molecular weight excluding hydrogens is 188 g/mol. The Morgan fingerprint density at radius 1 is 1.53 bits per heavy atom. The fourth-order valence-electron chi connectivity index (χ4n) is 2.48. The molecule has 0 amide bonds. The van der Waals surface area contributed by atoms with Crippen LogP contribution in [-0.2, 0) is 4.74 Å². The molecule has 0 aromatic heterocycles. The van der Waals surface area contributed by atoms with Crippen molar-refractivity contribution in [2.24, 2.45) is 11.7 Å². The topological polar surface area (TPSA) is 38.5 Å². The summed E-state index contributed by atoms with van der Waals surface area (Å²) in [5.74, 6) is 0.671. The van der Waals surface area contributed by atoms with E-state index in [-0.39, 0.29) is 0 Å². The van der Waals surface area contributed by atoms with Crippen molar-refractivity contribution in [2.75, 3.05) is 26.8 Å². The van der Waals surface area contributed by atoms with Crippen molar-refractivity contribution in [3.8, 4) is 0 Å². The van der Waals surface area contributed by atoms with Crippen molar-refractivity contribution in [2.45, 2.75) is 45.2 Å². The predicted molar refractivity (Wildman–Crippen MR) is 63.9 cm³/mol. The highest BCUT2D eigenvalue weighted by Crippen LogP contribution is 2.21. The second-order valence-electron chi connectivity index (χ2n) is 4.77. The van der Waals surface area contributed by atoms with Gasteiger partial charge in [-0.05, 0) is 38.6 Å². The molecular formula is C12H26N2O. The summed E-state index contributed by atoms with van der Waals surface area (Å²) < 4.78 is 5.27. The Hall–Kier alpha value is -0.120. The average molecular weight is 214 g/mol. The summed E-state index contributed by atoms with van der Waals surface area (Å²) in [5, 5.41) is 0. The van der Waals surface area contributed by atoms with Gasteiger partial charge in [0.25, 0.3) is 0 Å². The Morgan fingerprint density at radius 3 is 2.80 bits per heavy atom. The van der Waals surface area contributed by atoms with Crippen LogP contribution < -0.4 is 5.73 Å². The molecule has 1 heterocycles. The van der Waals surface area contributed by atoms with Gasteiger partial charge in [-0.15, -0.1) is 0 Å². The van der Waals surface area contributed by atoms with Gasteiger partial charge in [-0.3, -0.25) is 4.90 Å². The van der Waals surface area contributed by atoms with Crippen LogP contribution in [0.5, 0.6) is 0 Å². The molecule has 3 heteroatoms. The SMILES string of the molecule is CCC(COC)N1CCCC(C(C)N)C1. The molecule has 0 bridgehead atoms. The van der Waals surface area contributed by atoms with Crippen LogP contribution in [0.25, 0.3) is 0 Å². The van der Waals surface area contributed by atoms with E-state index in [0.717, 1.165) is 13.2 Å². The normalized spacial score (nSPS) is 27.6. The first-order chi connectivity index (χ1) is 7.19. The molecule has 1 aliphatic rings. The molecule has 15 heavy (non-hydrogen) atoms. The number of nitrogens with two attached hydrogens (primary N) is 1. The van der Waals surface area contributed by atoms with E-state index in [4.69, 9.17) is 10.5 Å². The summed E-state index contributed by atoms with van der Waals surface area (Å²) in [7, 11) is 1.79. The van der Waals surface area contributed by atoms with E-state index in [1.165, 1.54) is 25.8 Å². The molecule has 0 aromatic carbocycles. The fraction of sp³-hybridized carbons (Fsp3) is 1.00. The molecule has 2 N–H and O–H groups in total. The van der Waals surface area contributed by atoms with E-state index in [2.05, 4.69) is 18.7 Å². The van der Waals surface area contributed by atoms with Crippen LogP contribution >= 0.6 is 0 Å². The van der Waals surface area contributed by atoms with Crippen molar-refractivity contribution >= 4 is 0 Å².